The highest BCUT2D eigenvalue weighted by atomic mass is 35.5. The first kappa shape index (κ1) is 22.5. The molecule has 5 nitrogen and oxygen atoms in total. The molecule has 0 bridgehead atoms. The van der Waals surface area contributed by atoms with Gasteiger partial charge in [-0.25, -0.2) is 0 Å². The second-order valence-electron chi connectivity index (χ2n) is 6.61. The molecule has 1 aliphatic rings. The van der Waals surface area contributed by atoms with Gasteiger partial charge in [-0.3, -0.25) is 9.78 Å². The molecule has 2 N–H and O–H groups in total. The zero-order chi connectivity index (χ0) is 16.9. The van der Waals surface area contributed by atoms with E-state index in [1.165, 1.54) is 12.8 Å². The largest absolute Gasteiger partial charge is 0.352 e. The van der Waals surface area contributed by atoms with Crippen molar-refractivity contribution in [3.63, 3.8) is 0 Å². The third-order valence-electron chi connectivity index (χ3n) is 4.81. The van der Waals surface area contributed by atoms with E-state index in [-0.39, 0.29) is 30.7 Å². The summed E-state index contributed by atoms with van der Waals surface area (Å²) in [6.07, 6.45) is 4.18. The van der Waals surface area contributed by atoms with Crippen molar-refractivity contribution in [2.75, 3.05) is 19.6 Å². The molecule has 0 aromatic carbocycles. The highest BCUT2D eigenvalue weighted by Crippen LogP contribution is 2.17. The minimum absolute atomic E-state index is 0. The van der Waals surface area contributed by atoms with E-state index in [0.29, 0.717) is 12.5 Å². The van der Waals surface area contributed by atoms with Crippen molar-refractivity contribution in [1.82, 2.24) is 20.2 Å². The topological polar surface area (TPSA) is 59.0 Å². The van der Waals surface area contributed by atoms with E-state index in [4.69, 9.17) is 0 Å². The summed E-state index contributed by atoms with van der Waals surface area (Å²) in [5.41, 5.74) is 3.85. The molecule has 7 heteroatoms. The Balaban J connectivity index is 0.00000169. The molecule has 0 spiro atoms. The number of halogens is 2. The van der Waals surface area contributed by atoms with Gasteiger partial charge >= 0.3 is 0 Å². The minimum Gasteiger partial charge on any atom is -0.352 e. The highest BCUT2D eigenvalue weighted by molar-refractivity contribution is 5.95. The smallest absolute Gasteiger partial charge is 0.253 e. The molecule has 1 fully saturated rings. The summed E-state index contributed by atoms with van der Waals surface area (Å²) in [6, 6.07) is 7.89. The van der Waals surface area contributed by atoms with Crippen molar-refractivity contribution in [3.8, 4) is 0 Å². The monoisotopic (exact) mass is 398 g/mol. The van der Waals surface area contributed by atoms with Gasteiger partial charge in [0, 0.05) is 24.1 Å². The fraction of sp³-hybridized carbons (Fsp3) is 0.474. The van der Waals surface area contributed by atoms with Crippen LogP contribution in [-0.2, 0) is 6.54 Å². The maximum atomic E-state index is 12.6. The third-order valence-corrected chi connectivity index (χ3v) is 4.81. The van der Waals surface area contributed by atoms with Gasteiger partial charge in [-0.15, -0.1) is 24.8 Å². The van der Waals surface area contributed by atoms with Crippen LogP contribution < -0.4 is 10.6 Å². The zero-order valence-corrected chi connectivity index (χ0v) is 17.0. The fourth-order valence-corrected chi connectivity index (χ4v) is 3.36. The Morgan fingerprint density at radius 2 is 2.15 bits per heavy atom. The molecule has 144 valence electrons. The van der Waals surface area contributed by atoms with E-state index >= 15 is 0 Å². The van der Waals surface area contributed by atoms with Crippen molar-refractivity contribution in [3.05, 3.63) is 53.1 Å². The maximum Gasteiger partial charge on any atom is 0.253 e. The van der Waals surface area contributed by atoms with E-state index in [1.54, 1.807) is 6.20 Å². The van der Waals surface area contributed by atoms with E-state index in [2.05, 4.69) is 20.2 Å². The van der Waals surface area contributed by atoms with Crippen LogP contribution >= 0.6 is 24.8 Å². The lowest BCUT2D eigenvalue weighted by molar-refractivity contribution is 0.0944. The zero-order valence-electron chi connectivity index (χ0n) is 15.3. The molecule has 3 rings (SSSR count). The number of rotatable bonds is 5. The summed E-state index contributed by atoms with van der Waals surface area (Å²) >= 11 is 0. The molecular formula is C19H28Cl2N4O. The quantitative estimate of drug-likeness (QED) is 0.812. The first-order valence-corrected chi connectivity index (χ1v) is 8.70. The van der Waals surface area contributed by atoms with Gasteiger partial charge in [0.25, 0.3) is 5.91 Å². The van der Waals surface area contributed by atoms with Crippen LogP contribution in [0.4, 0.5) is 0 Å². The average Bonchev–Trinajstić information content (AvgIpc) is 2.90. The van der Waals surface area contributed by atoms with Gasteiger partial charge in [-0.1, -0.05) is 6.07 Å². The summed E-state index contributed by atoms with van der Waals surface area (Å²) in [6.45, 7) is 7.58. The van der Waals surface area contributed by atoms with Crippen LogP contribution in [0.5, 0.6) is 0 Å². The molecule has 1 atom stereocenters. The molecule has 26 heavy (non-hydrogen) atoms. The lowest BCUT2D eigenvalue weighted by Crippen LogP contribution is -2.38. The summed E-state index contributed by atoms with van der Waals surface area (Å²) < 4.78 is 2.15. The van der Waals surface area contributed by atoms with Crippen LogP contribution in [0.25, 0.3) is 0 Å². The number of pyridine rings is 1. The number of hydrogen-bond donors (Lipinski definition) is 2. The third kappa shape index (κ3) is 5.47. The molecule has 1 unspecified atom stereocenters. The number of carbonyl (C=O) groups excluding carboxylic acids is 1. The van der Waals surface area contributed by atoms with Crippen molar-refractivity contribution >= 4 is 30.7 Å². The highest BCUT2D eigenvalue weighted by Gasteiger charge is 2.18. The molecule has 1 amide bonds. The van der Waals surface area contributed by atoms with Gasteiger partial charge in [0.2, 0.25) is 0 Å². The Bertz CT molecular complexity index is 697. The van der Waals surface area contributed by atoms with E-state index in [1.807, 2.05) is 38.1 Å². The van der Waals surface area contributed by atoms with Crippen molar-refractivity contribution in [2.24, 2.45) is 5.92 Å². The summed E-state index contributed by atoms with van der Waals surface area (Å²) in [4.78, 5) is 16.9. The normalized spacial score (nSPS) is 16.3. The summed E-state index contributed by atoms with van der Waals surface area (Å²) in [7, 11) is 0. The number of aryl methyl sites for hydroxylation is 1. The lowest BCUT2D eigenvalue weighted by Gasteiger charge is -2.22. The van der Waals surface area contributed by atoms with Gasteiger partial charge in [0.15, 0.2) is 0 Å². The van der Waals surface area contributed by atoms with Crippen LogP contribution in [0.3, 0.4) is 0 Å². The first-order valence-electron chi connectivity index (χ1n) is 8.70. The number of carbonyl (C=O) groups is 1. The number of piperidine rings is 1. The molecule has 0 radical (unpaired) electrons. The summed E-state index contributed by atoms with van der Waals surface area (Å²) in [5, 5.41) is 6.49. The van der Waals surface area contributed by atoms with E-state index < -0.39 is 0 Å². The van der Waals surface area contributed by atoms with Gasteiger partial charge in [0.05, 0.1) is 17.8 Å². The predicted octanol–water partition coefficient (Wildman–Crippen LogP) is 3.12. The number of nitrogens with one attached hydrogen (secondary N) is 2. The van der Waals surface area contributed by atoms with E-state index in [9.17, 15) is 4.79 Å². The minimum atomic E-state index is 0. The second-order valence-corrected chi connectivity index (χ2v) is 6.61. The van der Waals surface area contributed by atoms with E-state index in [0.717, 1.165) is 42.3 Å². The Kier molecular flexibility index (Phi) is 9.13. The average molecular weight is 399 g/mol. The van der Waals surface area contributed by atoms with Crippen LogP contribution in [0.1, 0.15) is 40.3 Å². The molecular weight excluding hydrogens is 371 g/mol. The number of hydrogen-bond acceptors (Lipinski definition) is 3. The Hall–Kier alpha value is -1.56. The molecule has 2 aromatic heterocycles. The van der Waals surface area contributed by atoms with Crippen molar-refractivity contribution < 1.29 is 4.79 Å². The molecule has 1 saturated heterocycles. The number of nitrogens with zero attached hydrogens (tertiary/aromatic N) is 2. The van der Waals surface area contributed by atoms with Crippen molar-refractivity contribution in [2.45, 2.75) is 33.2 Å². The van der Waals surface area contributed by atoms with Crippen LogP contribution in [0, 0.1) is 19.8 Å². The van der Waals surface area contributed by atoms with Crippen LogP contribution in [0.15, 0.2) is 30.5 Å². The Morgan fingerprint density at radius 3 is 2.81 bits per heavy atom. The Morgan fingerprint density at radius 1 is 1.35 bits per heavy atom. The lowest BCUT2D eigenvalue weighted by atomic mass is 10.00. The molecule has 3 heterocycles. The standard InChI is InChI=1S/C19H26N4O.2ClH/c1-14-10-18(19(24)22-12-16-6-5-8-20-11-16)15(2)23(14)13-17-7-3-4-9-21-17;;/h3-4,7,9-10,16,20H,5-6,8,11-13H2,1-2H3,(H,22,24);2*1H. The molecule has 1 aliphatic heterocycles. The fourth-order valence-electron chi connectivity index (χ4n) is 3.36. The number of amides is 1. The SMILES string of the molecule is Cc1cc(C(=O)NCC2CCCNC2)c(C)n1Cc1ccccn1.Cl.Cl. The summed E-state index contributed by atoms with van der Waals surface area (Å²) in [5.74, 6) is 0.570. The number of aromatic nitrogens is 2. The maximum absolute atomic E-state index is 12.6. The van der Waals surface area contributed by atoms with Gasteiger partial charge in [0.1, 0.15) is 0 Å². The van der Waals surface area contributed by atoms with Gasteiger partial charge in [-0.05, 0) is 63.9 Å². The molecule has 0 aliphatic carbocycles. The van der Waals surface area contributed by atoms with Crippen molar-refractivity contribution in [1.29, 1.82) is 0 Å². The first-order chi connectivity index (χ1) is 11.6. The van der Waals surface area contributed by atoms with Crippen LogP contribution in [0.2, 0.25) is 0 Å². The Labute approximate surface area is 167 Å². The molecule has 2 aromatic rings. The molecule has 0 saturated carbocycles. The van der Waals surface area contributed by atoms with Gasteiger partial charge in [-0.2, -0.15) is 0 Å². The predicted molar refractivity (Wildman–Crippen MR) is 110 cm³/mol. The van der Waals surface area contributed by atoms with Gasteiger partial charge < -0.3 is 15.2 Å². The second kappa shape index (κ2) is 10.6. The van der Waals surface area contributed by atoms with Crippen LogP contribution in [-0.4, -0.2) is 35.1 Å².